The van der Waals surface area contributed by atoms with Crippen LogP contribution in [-0.2, 0) is 7.05 Å². The third kappa shape index (κ3) is 2.18. The van der Waals surface area contributed by atoms with Crippen LogP contribution in [0.15, 0.2) is 48.8 Å². The first-order chi connectivity index (χ1) is 10.1. The lowest BCUT2D eigenvalue weighted by Gasteiger charge is -2.14. The summed E-state index contributed by atoms with van der Waals surface area (Å²) in [4.78, 5) is 18.4. The van der Waals surface area contributed by atoms with Gasteiger partial charge in [0.25, 0.3) is 5.91 Å². The highest BCUT2D eigenvalue weighted by Gasteiger charge is 2.16. The summed E-state index contributed by atoms with van der Waals surface area (Å²) >= 11 is 0. The van der Waals surface area contributed by atoms with E-state index in [9.17, 15) is 4.79 Å². The predicted octanol–water partition coefficient (Wildman–Crippen LogP) is 2.94. The molecule has 3 aromatic rings. The van der Waals surface area contributed by atoms with Crippen molar-refractivity contribution in [1.29, 1.82) is 0 Å². The highest BCUT2D eigenvalue weighted by molar-refractivity contribution is 6.04. The molecule has 106 valence electrons. The van der Waals surface area contributed by atoms with Crippen LogP contribution in [0.4, 0.5) is 0 Å². The third-order valence-electron chi connectivity index (χ3n) is 3.62. The van der Waals surface area contributed by atoms with E-state index in [0.29, 0.717) is 5.56 Å². The van der Waals surface area contributed by atoms with Crippen molar-refractivity contribution in [3.8, 4) is 11.1 Å². The van der Waals surface area contributed by atoms with E-state index >= 15 is 0 Å². The fourth-order valence-electron chi connectivity index (χ4n) is 2.54. The molecule has 0 atom stereocenters. The predicted molar refractivity (Wildman–Crippen MR) is 84.2 cm³/mol. The maximum atomic E-state index is 12.4. The smallest absolute Gasteiger partial charge is 0.253 e. The van der Waals surface area contributed by atoms with Crippen LogP contribution in [0, 0.1) is 0 Å². The van der Waals surface area contributed by atoms with Crippen molar-refractivity contribution >= 4 is 16.9 Å². The monoisotopic (exact) mass is 279 g/mol. The Labute approximate surface area is 123 Å². The molecule has 0 fully saturated rings. The van der Waals surface area contributed by atoms with E-state index < -0.39 is 0 Å². The van der Waals surface area contributed by atoms with Gasteiger partial charge in [0.15, 0.2) is 0 Å². The van der Waals surface area contributed by atoms with Gasteiger partial charge < -0.3 is 9.47 Å². The van der Waals surface area contributed by atoms with E-state index in [0.717, 1.165) is 22.2 Å². The van der Waals surface area contributed by atoms with Gasteiger partial charge in [-0.1, -0.05) is 18.2 Å². The van der Waals surface area contributed by atoms with Crippen LogP contribution in [0.3, 0.4) is 0 Å². The molecule has 1 amide bonds. The molecule has 0 N–H and O–H groups in total. The fraction of sp³-hybridized carbons (Fsp3) is 0.176. The third-order valence-corrected chi connectivity index (χ3v) is 3.62. The maximum absolute atomic E-state index is 12.4. The molecule has 0 aliphatic heterocycles. The Hall–Kier alpha value is -2.62. The molecule has 0 aliphatic carbocycles. The summed E-state index contributed by atoms with van der Waals surface area (Å²) in [5.74, 6) is 0.00601. The molecule has 0 aliphatic rings. The van der Waals surface area contributed by atoms with E-state index in [1.165, 1.54) is 0 Å². The molecule has 0 radical (unpaired) electrons. The van der Waals surface area contributed by atoms with Gasteiger partial charge in [-0.15, -0.1) is 0 Å². The second-order valence-corrected chi connectivity index (χ2v) is 5.27. The molecule has 2 heterocycles. The van der Waals surface area contributed by atoms with Crippen LogP contribution < -0.4 is 0 Å². The van der Waals surface area contributed by atoms with Crippen molar-refractivity contribution in [2.24, 2.45) is 7.05 Å². The second-order valence-electron chi connectivity index (χ2n) is 5.27. The van der Waals surface area contributed by atoms with Crippen molar-refractivity contribution in [3.05, 3.63) is 54.4 Å². The van der Waals surface area contributed by atoms with Crippen LogP contribution in [0.1, 0.15) is 10.4 Å². The quantitative estimate of drug-likeness (QED) is 0.723. The first-order valence-electron chi connectivity index (χ1n) is 6.80. The molecule has 0 saturated heterocycles. The topological polar surface area (TPSA) is 38.1 Å². The Kier molecular flexibility index (Phi) is 3.22. The zero-order valence-electron chi connectivity index (χ0n) is 12.4. The van der Waals surface area contributed by atoms with Crippen LogP contribution in [0.5, 0.6) is 0 Å². The van der Waals surface area contributed by atoms with Crippen molar-refractivity contribution in [1.82, 2.24) is 14.5 Å². The lowest BCUT2D eigenvalue weighted by molar-refractivity contribution is 0.0828. The standard InChI is InChI=1S/C17H17N3O/c1-19(2)17(21)15-7-5-4-6-12(15)13-8-10-18-16-14(13)9-11-20(16)3/h4-11H,1-3H3. The Morgan fingerprint density at radius 3 is 2.62 bits per heavy atom. The number of fused-ring (bicyclic) bond motifs is 1. The fourth-order valence-corrected chi connectivity index (χ4v) is 2.54. The van der Waals surface area contributed by atoms with Gasteiger partial charge in [-0.2, -0.15) is 0 Å². The SMILES string of the molecule is CN(C)C(=O)c1ccccc1-c1ccnc2c1ccn2C. The van der Waals surface area contributed by atoms with Gasteiger partial charge >= 0.3 is 0 Å². The molecule has 0 bridgehead atoms. The van der Waals surface area contributed by atoms with Gasteiger partial charge in [-0.25, -0.2) is 4.98 Å². The number of aryl methyl sites for hydroxylation is 1. The molecule has 0 saturated carbocycles. The number of hydrogen-bond donors (Lipinski definition) is 0. The summed E-state index contributed by atoms with van der Waals surface area (Å²) in [6.45, 7) is 0. The molecular formula is C17H17N3O. The number of amides is 1. The van der Waals surface area contributed by atoms with Crippen LogP contribution in [0.2, 0.25) is 0 Å². The van der Waals surface area contributed by atoms with E-state index in [1.807, 2.05) is 54.2 Å². The van der Waals surface area contributed by atoms with Crippen molar-refractivity contribution in [2.45, 2.75) is 0 Å². The lowest BCUT2D eigenvalue weighted by atomic mass is 9.97. The Bertz CT molecular complexity index is 818. The van der Waals surface area contributed by atoms with Crippen molar-refractivity contribution < 1.29 is 4.79 Å². The number of pyridine rings is 1. The van der Waals surface area contributed by atoms with Gasteiger partial charge in [0, 0.05) is 44.5 Å². The summed E-state index contributed by atoms with van der Waals surface area (Å²) in [6.07, 6.45) is 3.77. The van der Waals surface area contributed by atoms with Gasteiger partial charge in [0.05, 0.1) is 0 Å². The van der Waals surface area contributed by atoms with Gasteiger partial charge in [0.1, 0.15) is 5.65 Å². The van der Waals surface area contributed by atoms with E-state index in [-0.39, 0.29) is 5.91 Å². The lowest BCUT2D eigenvalue weighted by Crippen LogP contribution is -2.22. The molecule has 4 nitrogen and oxygen atoms in total. The van der Waals surface area contributed by atoms with Crippen molar-refractivity contribution in [3.63, 3.8) is 0 Å². The van der Waals surface area contributed by atoms with Crippen molar-refractivity contribution in [2.75, 3.05) is 14.1 Å². The summed E-state index contributed by atoms with van der Waals surface area (Å²) in [5.41, 5.74) is 3.60. The minimum absolute atomic E-state index is 0.00601. The van der Waals surface area contributed by atoms with Gasteiger partial charge in [-0.05, 0) is 29.3 Å². The first-order valence-corrected chi connectivity index (χ1v) is 6.80. The minimum atomic E-state index is 0.00601. The maximum Gasteiger partial charge on any atom is 0.253 e. The van der Waals surface area contributed by atoms with E-state index in [4.69, 9.17) is 0 Å². The zero-order valence-corrected chi connectivity index (χ0v) is 12.4. The molecule has 4 heteroatoms. The number of rotatable bonds is 2. The number of nitrogens with zero attached hydrogens (tertiary/aromatic N) is 3. The molecule has 3 rings (SSSR count). The summed E-state index contributed by atoms with van der Waals surface area (Å²) in [6, 6.07) is 11.7. The number of aromatic nitrogens is 2. The molecule has 21 heavy (non-hydrogen) atoms. The Balaban J connectivity index is 2.27. The zero-order chi connectivity index (χ0) is 15.0. The molecule has 0 spiro atoms. The highest BCUT2D eigenvalue weighted by atomic mass is 16.2. The van der Waals surface area contributed by atoms with E-state index in [2.05, 4.69) is 4.98 Å². The highest BCUT2D eigenvalue weighted by Crippen LogP contribution is 2.30. The summed E-state index contributed by atoms with van der Waals surface area (Å²) in [5, 5.41) is 1.05. The molecular weight excluding hydrogens is 262 g/mol. The normalized spacial score (nSPS) is 10.8. The van der Waals surface area contributed by atoms with Crippen LogP contribution >= 0.6 is 0 Å². The summed E-state index contributed by atoms with van der Waals surface area (Å²) < 4.78 is 1.98. The summed E-state index contributed by atoms with van der Waals surface area (Å²) in [7, 11) is 5.50. The van der Waals surface area contributed by atoms with Crippen LogP contribution in [0.25, 0.3) is 22.2 Å². The number of benzene rings is 1. The minimum Gasteiger partial charge on any atom is -0.345 e. The average molecular weight is 279 g/mol. The number of hydrogen-bond acceptors (Lipinski definition) is 2. The van der Waals surface area contributed by atoms with Gasteiger partial charge in [0.2, 0.25) is 0 Å². The number of carbonyl (C=O) groups excluding carboxylic acids is 1. The Morgan fingerprint density at radius 1 is 1.10 bits per heavy atom. The molecule has 1 aromatic carbocycles. The van der Waals surface area contributed by atoms with Gasteiger partial charge in [-0.3, -0.25) is 4.79 Å². The number of carbonyl (C=O) groups is 1. The molecule has 0 unspecified atom stereocenters. The Morgan fingerprint density at radius 2 is 1.86 bits per heavy atom. The van der Waals surface area contributed by atoms with Crippen LogP contribution in [-0.4, -0.2) is 34.5 Å². The molecule has 2 aromatic heterocycles. The first kappa shape index (κ1) is 13.4. The second kappa shape index (κ2) is 5.05. The van der Waals surface area contributed by atoms with E-state index in [1.54, 1.807) is 25.2 Å². The average Bonchev–Trinajstić information content (AvgIpc) is 2.88. The largest absolute Gasteiger partial charge is 0.345 e.